The lowest BCUT2D eigenvalue weighted by molar-refractivity contribution is -0.136. The van der Waals surface area contributed by atoms with Crippen LogP contribution in [0.15, 0.2) is 41.1 Å². The molecule has 2 rings (SSSR count). The van der Waals surface area contributed by atoms with E-state index in [1.807, 2.05) is 19.0 Å². The molecule has 2 aromatic rings. The molecule has 0 spiro atoms. The predicted molar refractivity (Wildman–Crippen MR) is 81.0 cm³/mol. The van der Waals surface area contributed by atoms with Gasteiger partial charge in [0.15, 0.2) is 5.82 Å². The van der Waals surface area contributed by atoms with E-state index in [2.05, 4.69) is 20.3 Å². The largest absolute Gasteiger partial charge is 0.363 e. The van der Waals surface area contributed by atoms with Crippen LogP contribution in [-0.2, 0) is 9.59 Å². The molecule has 1 heterocycles. The highest BCUT2D eigenvalue weighted by Crippen LogP contribution is 2.17. The van der Waals surface area contributed by atoms with Crippen molar-refractivity contribution in [3.05, 3.63) is 48.0 Å². The van der Waals surface area contributed by atoms with Crippen LogP contribution in [0.25, 0.3) is 0 Å². The van der Waals surface area contributed by atoms with Crippen molar-refractivity contribution in [1.29, 1.82) is 0 Å². The Kier molecular flexibility index (Phi) is 5.42. The highest BCUT2D eigenvalue weighted by atomic mass is 19.1. The number of rotatable bonds is 5. The van der Waals surface area contributed by atoms with Gasteiger partial charge in [-0.3, -0.25) is 14.9 Å². The van der Waals surface area contributed by atoms with Gasteiger partial charge in [-0.2, -0.15) is 0 Å². The summed E-state index contributed by atoms with van der Waals surface area (Å²) in [6.07, 6.45) is 1.28. The zero-order chi connectivity index (χ0) is 16.8. The normalized spacial score (nSPS) is 12.0. The summed E-state index contributed by atoms with van der Waals surface area (Å²) in [4.78, 5) is 25.4. The predicted octanol–water partition coefficient (Wildman–Crippen LogP) is 1.17. The molecule has 0 fully saturated rings. The molecule has 1 aromatic heterocycles. The summed E-state index contributed by atoms with van der Waals surface area (Å²) in [5.74, 6) is -1.80. The summed E-state index contributed by atoms with van der Waals surface area (Å²) in [7, 11) is 3.66. The first-order chi connectivity index (χ1) is 11.0. The Morgan fingerprint density at radius 2 is 1.91 bits per heavy atom. The summed E-state index contributed by atoms with van der Waals surface area (Å²) in [6, 6.07) is 7.21. The van der Waals surface area contributed by atoms with E-state index in [4.69, 9.17) is 0 Å². The van der Waals surface area contributed by atoms with Gasteiger partial charge in [0.25, 0.3) is 0 Å². The zero-order valence-electron chi connectivity index (χ0n) is 12.7. The molecular weight excluding hydrogens is 303 g/mol. The molecule has 2 amide bonds. The van der Waals surface area contributed by atoms with Crippen molar-refractivity contribution < 1.29 is 18.5 Å². The number of hydrogen-bond acceptors (Lipinski definition) is 5. The van der Waals surface area contributed by atoms with Gasteiger partial charge in [-0.05, 0) is 31.8 Å². The van der Waals surface area contributed by atoms with Gasteiger partial charge in [0.2, 0.25) is 0 Å². The number of likely N-dealkylation sites (N-methyl/N-ethyl adjacent to an activating group) is 1. The maximum Gasteiger partial charge on any atom is 0.314 e. The number of halogens is 1. The van der Waals surface area contributed by atoms with Gasteiger partial charge in [-0.25, -0.2) is 4.39 Å². The third kappa shape index (κ3) is 4.62. The van der Waals surface area contributed by atoms with E-state index in [0.717, 1.165) is 5.56 Å². The maximum absolute atomic E-state index is 13.0. The van der Waals surface area contributed by atoms with Crippen molar-refractivity contribution >= 4 is 17.6 Å². The van der Waals surface area contributed by atoms with Crippen LogP contribution in [0.1, 0.15) is 11.6 Å². The molecule has 8 heteroatoms. The summed E-state index contributed by atoms with van der Waals surface area (Å²) in [6.45, 7) is 0.198. The quantitative estimate of drug-likeness (QED) is 0.808. The average Bonchev–Trinajstić information content (AvgIpc) is 3.01. The van der Waals surface area contributed by atoms with Crippen LogP contribution in [-0.4, -0.2) is 42.5 Å². The van der Waals surface area contributed by atoms with Crippen molar-refractivity contribution in [3.63, 3.8) is 0 Å². The third-order valence-electron chi connectivity index (χ3n) is 3.22. The minimum atomic E-state index is -0.837. The van der Waals surface area contributed by atoms with Crippen LogP contribution in [0.3, 0.4) is 0 Å². The Balaban J connectivity index is 1.94. The first kappa shape index (κ1) is 16.6. The molecule has 23 heavy (non-hydrogen) atoms. The monoisotopic (exact) mass is 320 g/mol. The fraction of sp³-hybridized carbons (Fsp3) is 0.267. The van der Waals surface area contributed by atoms with E-state index in [0.29, 0.717) is 0 Å². The molecule has 1 atom stereocenters. The number of amides is 2. The smallest absolute Gasteiger partial charge is 0.314 e. The van der Waals surface area contributed by atoms with Crippen LogP contribution in [0.4, 0.5) is 10.2 Å². The molecule has 0 saturated heterocycles. The number of hydrogen-bond donors (Lipinski definition) is 2. The summed E-state index contributed by atoms with van der Waals surface area (Å²) >= 11 is 0. The lowest BCUT2D eigenvalue weighted by atomic mass is 10.1. The topological polar surface area (TPSA) is 87.5 Å². The second kappa shape index (κ2) is 7.50. The average molecular weight is 320 g/mol. The second-order valence-electron chi connectivity index (χ2n) is 5.08. The molecule has 0 radical (unpaired) electrons. The molecule has 7 nitrogen and oxygen atoms in total. The van der Waals surface area contributed by atoms with Gasteiger partial charge in [0.05, 0.1) is 6.04 Å². The van der Waals surface area contributed by atoms with Crippen LogP contribution in [0.2, 0.25) is 0 Å². The fourth-order valence-electron chi connectivity index (χ4n) is 2.00. The Labute approximate surface area is 132 Å². The van der Waals surface area contributed by atoms with Crippen molar-refractivity contribution in [2.75, 3.05) is 26.0 Å². The highest BCUT2D eigenvalue weighted by Gasteiger charge is 2.19. The van der Waals surface area contributed by atoms with Gasteiger partial charge in [0, 0.05) is 12.6 Å². The second-order valence-corrected chi connectivity index (χ2v) is 5.08. The minimum Gasteiger partial charge on any atom is -0.363 e. The molecule has 1 aromatic carbocycles. The molecule has 0 aliphatic rings. The first-order valence-corrected chi connectivity index (χ1v) is 6.89. The van der Waals surface area contributed by atoms with E-state index in [-0.39, 0.29) is 24.2 Å². The molecule has 122 valence electrons. The van der Waals surface area contributed by atoms with E-state index in [1.54, 1.807) is 12.1 Å². The van der Waals surface area contributed by atoms with Crippen molar-refractivity contribution in [3.8, 4) is 0 Å². The molecule has 0 bridgehead atoms. The van der Waals surface area contributed by atoms with E-state index < -0.39 is 11.8 Å². The number of nitrogens with one attached hydrogen (secondary N) is 2. The van der Waals surface area contributed by atoms with Gasteiger partial charge < -0.3 is 14.7 Å². The van der Waals surface area contributed by atoms with Gasteiger partial charge in [-0.15, -0.1) is 0 Å². The van der Waals surface area contributed by atoms with Crippen LogP contribution in [0.5, 0.6) is 0 Å². The van der Waals surface area contributed by atoms with Gasteiger partial charge >= 0.3 is 11.8 Å². The molecule has 0 saturated carbocycles. The zero-order valence-corrected chi connectivity index (χ0v) is 12.7. The Hall–Kier alpha value is -2.74. The standard InChI is InChI=1S/C15H17FN4O3/c1-20(2)12(10-3-5-11(16)6-4-10)9-17-14(21)15(22)18-13-7-8-23-19-13/h3-8,12H,9H2,1-2H3,(H,17,21)(H,18,19,22)/t12-/m1/s1. The van der Waals surface area contributed by atoms with Crippen LogP contribution < -0.4 is 10.6 Å². The third-order valence-corrected chi connectivity index (χ3v) is 3.22. The minimum absolute atomic E-state index is 0.160. The van der Waals surface area contributed by atoms with Crippen molar-refractivity contribution in [1.82, 2.24) is 15.4 Å². The summed E-state index contributed by atoms with van der Waals surface area (Å²) in [5, 5.41) is 8.33. The molecule has 0 aliphatic carbocycles. The molecular formula is C15H17FN4O3. The Morgan fingerprint density at radius 1 is 1.22 bits per heavy atom. The van der Waals surface area contributed by atoms with Crippen LogP contribution >= 0.6 is 0 Å². The SMILES string of the molecule is CN(C)[C@H](CNC(=O)C(=O)Nc1ccon1)c1ccc(F)cc1. The number of carbonyl (C=O) groups excluding carboxylic acids is 2. The molecule has 2 N–H and O–H groups in total. The van der Waals surface area contributed by atoms with E-state index in [9.17, 15) is 14.0 Å². The van der Waals surface area contributed by atoms with Gasteiger partial charge in [-0.1, -0.05) is 17.3 Å². The fourth-order valence-corrected chi connectivity index (χ4v) is 2.00. The number of anilines is 1. The van der Waals surface area contributed by atoms with Gasteiger partial charge in [0.1, 0.15) is 12.1 Å². The Bertz CT molecular complexity index is 656. The van der Waals surface area contributed by atoms with Crippen molar-refractivity contribution in [2.45, 2.75) is 6.04 Å². The van der Waals surface area contributed by atoms with Crippen molar-refractivity contribution in [2.24, 2.45) is 0 Å². The van der Waals surface area contributed by atoms with Crippen LogP contribution in [0, 0.1) is 5.82 Å². The Morgan fingerprint density at radius 3 is 2.48 bits per heavy atom. The first-order valence-electron chi connectivity index (χ1n) is 6.89. The lowest BCUT2D eigenvalue weighted by Crippen LogP contribution is -2.40. The highest BCUT2D eigenvalue weighted by molar-refractivity contribution is 6.39. The molecule has 0 aliphatic heterocycles. The lowest BCUT2D eigenvalue weighted by Gasteiger charge is -2.25. The van der Waals surface area contributed by atoms with E-state index >= 15 is 0 Å². The maximum atomic E-state index is 13.0. The number of nitrogens with zero attached hydrogens (tertiary/aromatic N) is 2. The molecule has 0 unspecified atom stereocenters. The number of aromatic nitrogens is 1. The number of benzene rings is 1. The summed E-state index contributed by atoms with van der Waals surface area (Å²) < 4.78 is 17.6. The number of carbonyl (C=O) groups is 2. The van der Waals surface area contributed by atoms with E-state index in [1.165, 1.54) is 24.5 Å². The summed E-state index contributed by atoms with van der Waals surface area (Å²) in [5.41, 5.74) is 0.827.